The Bertz CT molecular complexity index is 363. The minimum Gasteiger partial charge on any atom is -0.369 e. The van der Waals surface area contributed by atoms with E-state index in [9.17, 15) is 9.59 Å². The Morgan fingerprint density at radius 3 is 2.52 bits per heavy atom. The summed E-state index contributed by atoms with van der Waals surface area (Å²) in [5, 5.41) is 0. The molecule has 1 atom stereocenters. The third-order valence-corrected chi connectivity index (χ3v) is 3.83. The molecule has 124 valence electrons. The maximum atomic E-state index is 12.3. The highest BCUT2D eigenvalue weighted by atomic mass is 35.5. The molecule has 0 aromatic heterocycles. The number of likely N-dealkylation sites (N-methyl/N-ethyl adjacent to an activating group) is 1. The third-order valence-electron chi connectivity index (χ3n) is 3.83. The number of carbonyl (C=O) groups excluding carboxylic acids is 2. The van der Waals surface area contributed by atoms with Gasteiger partial charge in [0.15, 0.2) is 0 Å². The van der Waals surface area contributed by atoms with Crippen molar-refractivity contribution in [1.29, 1.82) is 0 Å². The van der Waals surface area contributed by atoms with Gasteiger partial charge in [-0.2, -0.15) is 0 Å². The molecule has 4 N–H and O–H groups in total. The minimum atomic E-state index is -0.305. The molecule has 1 unspecified atom stereocenters. The van der Waals surface area contributed by atoms with Crippen LogP contribution in [0.2, 0.25) is 0 Å². The number of hydrogen-bond acceptors (Lipinski definition) is 4. The molecule has 1 heterocycles. The number of rotatable bonds is 6. The second-order valence-corrected chi connectivity index (χ2v) is 6.62. The van der Waals surface area contributed by atoms with E-state index in [1.165, 1.54) is 0 Å². The maximum Gasteiger partial charge on any atom is 0.236 e. The van der Waals surface area contributed by atoms with E-state index in [4.69, 9.17) is 11.5 Å². The lowest BCUT2D eigenvalue weighted by Gasteiger charge is -2.34. The summed E-state index contributed by atoms with van der Waals surface area (Å²) in [6.45, 7) is 7.05. The number of piperidine rings is 1. The number of likely N-dealkylation sites (tertiary alicyclic amines) is 1. The highest BCUT2D eigenvalue weighted by molar-refractivity contribution is 5.85. The molecule has 0 aromatic carbocycles. The van der Waals surface area contributed by atoms with Crippen LogP contribution in [0.15, 0.2) is 0 Å². The van der Waals surface area contributed by atoms with Crippen LogP contribution in [0.4, 0.5) is 0 Å². The van der Waals surface area contributed by atoms with Gasteiger partial charge in [0, 0.05) is 19.6 Å². The van der Waals surface area contributed by atoms with Crippen molar-refractivity contribution in [2.24, 2.45) is 22.8 Å². The lowest BCUT2D eigenvalue weighted by molar-refractivity contribution is -0.135. The summed E-state index contributed by atoms with van der Waals surface area (Å²) in [4.78, 5) is 27.2. The van der Waals surface area contributed by atoms with Gasteiger partial charge in [-0.3, -0.25) is 14.5 Å². The summed E-state index contributed by atoms with van der Waals surface area (Å²) < 4.78 is 0. The van der Waals surface area contributed by atoms with Gasteiger partial charge in [0.05, 0.1) is 12.5 Å². The van der Waals surface area contributed by atoms with E-state index in [0.717, 1.165) is 25.9 Å². The van der Waals surface area contributed by atoms with E-state index < -0.39 is 0 Å². The number of nitrogens with zero attached hydrogens (tertiary/aromatic N) is 2. The van der Waals surface area contributed by atoms with Gasteiger partial charge >= 0.3 is 0 Å². The van der Waals surface area contributed by atoms with E-state index in [-0.39, 0.29) is 35.6 Å². The molecule has 0 bridgehead atoms. The highest BCUT2D eigenvalue weighted by Crippen LogP contribution is 2.17. The first-order valence-electron chi connectivity index (χ1n) is 7.21. The molecule has 0 aliphatic carbocycles. The molecule has 1 fully saturated rings. The minimum absolute atomic E-state index is 0. The van der Waals surface area contributed by atoms with Gasteiger partial charge in [0.25, 0.3) is 0 Å². The third kappa shape index (κ3) is 6.63. The molecule has 7 heteroatoms. The van der Waals surface area contributed by atoms with Crippen molar-refractivity contribution >= 4 is 24.2 Å². The zero-order valence-electron chi connectivity index (χ0n) is 13.3. The van der Waals surface area contributed by atoms with Crippen LogP contribution in [0.5, 0.6) is 0 Å². The number of halogens is 1. The molecule has 1 rings (SSSR count). The topological polar surface area (TPSA) is 92.7 Å². The van der Waals surface area contributed by atoms with Crippen LogP contribution in [0.1, 0.15) is 26.7 Å². The van der Waals surface area contributed by atoms with Crippen LogP contribution in [0.25, 0.3) is 0 Å². The number of amides is 2. The fourth-order valence-electron chi connectivity index (χ4n) is 2.62. The molecule has 0 aromatic rings. The molecule has 1 aliphatic rings. The fraction of sp³-hybridized carbons (Fsp3) is 0.857. The number of carbonyl (C=O) groups is 2. The predicted molar refractivity (Wildman–Crippen MR) is 86.1 cm³/mol. The molecule has 0 spiro atoms. The summed E-state index contributed by atoms with van der Waals surface area (Å²) in [6, 6.07) is 0. The lowest BCUT2D eigenvalue weighted by atomic mass is 9.93. The first kappa shape index (κ1) is 20.1. The molecule has 1 saturated heterocycles. The van der Waals surface area contributed by atoms with E-state index in [1.807, 2.05) is 11.9 Å². The SMILES string of the molecule is CN(CC(=O)N1CCCC(C(N)=O)C1)CC(C)(C)CN.Cl. The monoisotopic (exact) mass is 320 g/mol. The zero-order valence-corrected chi connectivity index (χ0v) is 14.1. The van der Waals surface area contributed by atoms with Crippen molar-refractivity contribution < 1.29 is 9.59 Å². The van der Waals surface area contributed by atoms with Crippen LogP contribution in [0, 0.1) is 11.3 Å². The van der Waals surface area contributed by atoms with Crippen LogP contribution in [0.3, 0.4) is 0 Å². The van der Waals surface area contributed by atoms with E-state index >= 15 is 0 Å². The van der Waals surface area contributed by atoms with E-state index in [1.54, 1.807) is 4.90 Å². The van der Waals surface area contributed by atoms with Gasteiger partial charge in [0.1, 0.15) is 0 Å². The largest absolute Gasteiger partial charge is 0.369 e. The van der Waals surface area contributed by atoms with Crippen LogP contribution >= 0.6 is 12.4 Å². The van der Waals surface area contributed by atoms with Crippen molar-refractivity contribution in [3.63, 3.8) is 0 Å². The summed E-state index contributed by atoms with van der Waals surface area (Å²) in [6.07, 6.45) is 1.63. The molecule has 1 aliphatic heterocycles. The van der Waals surface area contributed by atoms with Crippen LogP contribution in [-0.2, 0) is 9.59 Å². The molecule has 0 saturated carbocycles. The van der Waals surface area contributed by atoms with Gasteiger partial charge in [-0.1, -0.05) is 13.8 Å². The van der Waals surface area contributed by atoms with Crippen molar-refractivity contribution in [1.82, 2.24) is 9.80 Å². The Morgan fingerprint density at radius 1 is 1.38 bits per heavy atom. The van der Waals surface area contributed by atoms with Crippen molar-refractivity contribution in [2.75, 3.05) is 39.8 Å². The molecular weight excluding hydrogens is 292 g/mol. The van der Waals surface area contributed by atoms with Gasteiger partial charge in [-0.15, -0.1) is 12.4 Å². The molecule has 2 amide bonds. The Morgan fingerprint density at radius 2 is 2.00 bits per heavy atom. The first-order valence-corrected chi connectivity index (χ1v) is 7.21. The first-order chi connectivity index (χ1) is 9.25. The Hall–Kier alpha value is -0.850. The Balaban J connectivity index is 0.00000400. The second-order valence-electron chi connectivity index (χ2n) is 6.62. The van der Waals surface area contributed by atoms with Gasteiger partial charge in [-0.25, -0.2) is 0 Å². The lowest BCUT2D eigenvalue weighted by Crippen LogP contribution is -2.48. The molecular formula is C14H29ClN4O2. The summed E-state index contributed by atoms with van der Waals surface area (Å²) >= 11 is 0. The van der Waals surface area contributed by atoms with E-state index in [2.05, 4.69) is 13.8 Å². The summed E-state index contributed by atoms with van der Waals surface area (Å²) in [5.74, 6) is -0.440. The molecule has 0 radical (unpaired) electrons. The zero-order chi connectivity index (χ0) is 15.3. The standard InChI is InChI=1S/C14H28N4O2.ClH/c1-14(2,9-15)10-17(3)8-12(19)18-6-4-5-11(7-18)13(16)20;/h11H,4-10,15H2,1-3H3,(H2,16,20);1H. The number of primary amides is 1. The Labute approximate surface area is 133 Å². The average molecular weight is 321 g/mol. The van der Waals surface area contributed by atoms with Crippen molar-refractivity contribution in [3.8, 4) is 0 Å². The normalized spacial score (nSPS) is 19.3. The van der Waals surface area contributed by atoms with Crippen molar-refractivity contribution in [2.45, 2.75) is 26.7 Å². The fourth-order valence-corrected chi connectivity index (χ4v) is 2.62. The predicted octanol–water partition coefficient (Wildman–Crippen LogP) is 0.0488. The number of hydrogen-bond donors (Lipinski definition) is 2. The second kappa shape index (κ2) is 8.56. The molecule has 21 heavy (non-hydrogen) atoms. The van der Waals surface area contributed by atoms with Crippen LogP contribution < -0.4 is 11.5 Å². The summed E-state index contributed by atoms with van der Waals surface area (Å²) in [7, 11) is 1.92. The van der Waals surface area contributed by atoms with Crippen LogP contribution in [-0.4, -0.2) is 61.4 Å². The maximum absolute atomic E-state index is 12.3. The highest BCUT2D eigenvalue weighted by Gasteiger charge is 2.28. The summed E-state index contributed by atoms with van der Waals surface area (Å²) in [5.41, 5.74) is 11.0. The number of nitrogens with two attached hydrogens (primary N) is 2. The quantitative estimate of drug-likeness (QED) is 0.723. The van der Waals surface area contributed by atoms with E-state index in [0.29, 0.717) is 19.6 Å². The average Bonchev–Trinajstić information content (AvgIpc) is 2.38. The van der Waals surface area contributed by atoms with Crippen molar-refractivity contribution in [3.05, 3.63) is 0 Å². The van der Waals surface area contributed by atoms with Gasteiger partial charge in [0.2, 0.25) is 11.8 Å². The Kier molecular flexibility index (Phi) is 8.21. The smallest absolute Gasteiger partial charge is 0.236 e. The molecule has 6 nitrogen and oxygen atoms in total. The van der Waals surface area contributed by atoms with Gasteiger partial charge < -0.3 is 16.4 Å². The van der Waals surface area contributed by atoms with Gasteiger partial charge in [-0.05, 0) is 31.8 Å².